The first kappa shape index (κ1) is 16.2. The number of carbonyl (C=O) groups is 1. The second kappa shape index (κ2) is 6.51. The number of hydroxylamine groups is 2. The summed E-state index contributed by atoms with van der Waals surface area (Å²) in [4.78, 5) is 23.9. The Bertz CT molecular complexity index is 480. The number of alkyl halides is 3. The molecule has 6 nitrogen and oxygen atoms in total. The van der Waals surface area contributed by atoms with Crippen molar-refractivity contribution in [1.29, 1.82) is 0 Å². The van der Waals surface area contributed by atoms with E-state index >= 15 is 0 Å². The monoisotopic (exact) mass is 293 g/mol. The lowest BCUT2D eigenvalue weighted by Crippen LogP contribution is -2.27. The predicted octanol–water partition coefficient (Wildman–Crippen LogP) is 1.29. The van der Waals surface area contributed by atoms with Crippen molar-refractivity contribution in [3.8, 4) is 5.88 Å². The number of aromatic nitrogens is 2. The van der Waals surface area contributed by atoms with Crippen LogP contribution in [0.25, 0.3) is 0 Å². The summed E-state index contributed by atoms with van der Waals surface area (Å²) in [6.45, 7) is 0.0138. The van der Waals surface area contributed by atoms with Gasteiger partial charge in [-0.3, -0.25) is 14.6 Å². The molecule has 1 aromatic heterocycles. The number of aryl methyl sites for hydroxylation is 1. The molecule has 0 aliphatic carbocycles. The molecule has 0 bridgehead atoms. The highest BCUT2D eigenvalue weighted by atomic mass is 19.4. The Kier molecular flexibility index (Phi) is 5.26. The standard InChI is InChI=1S/C11H14F3N3O3/c1-7-10(20-6-11(12,13)14)15-5-8(16-7)4-9(18)17(2)19-3/h5H,4,6H2,1-3H3. The van der Waals surface area contributed by atoms with Crippen LogP contribution in [0.1, 0.15) is 11.4 Å². The SMILES string of the molecule is CON(C)C(=O)Cc1cnc(OCC(F)(F)F)c(C)n1. The molecular formula is C11H14F3N3O3. The average Bonchev–Trinajstić information content (AvgIpc) is 2.35. The van der Waals surface area contributed by atoms with Crippen LogP contribution in [0, 0.1) is 6.92 Å². The van der Waals surface area contributed by atoms with E-state index in [9.17, 15) is 18.0 Å². The van der Waals surface area contributed by atoms with E-state index in [4.69, 9.17) is 4.84 Å². The Morgan fingerprint density at radius 3 is 2.60 bits per heavy atom. The highest BCUT2D eigenvalue weighted by molar-refractivity contribution is 5.76. The molecule has 1 rings (SSSR count). The number of likely N-dealkylation sites (N-methyl/N-ethyl adjacent to an activating group) is 1. The zero-order chi connectivity index (χ0) is 15.3. The van der Waals surface area contributed by atoms with Crippen molar-refractivity contribution >= 4 is 5.91 Å². The predicted molar refractivity (Wildman–Crippen MR) is 61.8 cm³/mol. The van der Waals surface area contributed by atoms with Gasteiger partial charge in [-0.2, -0.15) is 13.2 Å². The molecule has 0 fully saturated rings. The molecule has 0 radical (unpaired) electrons. The Morgan fingerprint density at radius 1 is 1.45 bits per heavy atom. The molecule has 0 spiro atoms. The Hall–Kier alpha value is -1.90. The van der Waals surface area contributed by atoms with E-state index in [0.717, 1.165) is 5.06 Å². The van der Waals surface area contributed by atoms with E-state index in [1.807, 2.05) is 0 Å². The molecule has 0 saturated carbocycles. The second-order valence-electron chi connectivity index (χ2n) is 3.91. The molecule has 0 aromatic carbocycles. The van der Waals surface area contributed by atoms with Gasteiger partial charge >= 0.3 is 6.18 Å². The van der Waals surface area contributed by atoms with Gasteiger partial charge in [0.05, 0.1) is 31.1 Å². The fraction of sp³-hybridized carbons (Fsp3) is 0.545. The summed E-state index contributed by atoms with van der Waals surface area (Å²) in [5.41, 5.74) is 0.496. The number of rotatable bonds is 5. The minimum Gasteiger partial charge on any atom is -0.467 e. The summed E-state index contributed by atoms with van der Waals surface area (Å²) in [7, 11) is 2.77. The Labute approximate surface area is 113 Å². The third-order valence-corrected chi connectivity index (χ3v) is 2.28. The first-order chi connectivity index (χ1) is 9.23. The number of halogens is 3. The quantitative estimate of drug-likeness (QED) is 0.765. The van der Waals surface area contributed by atoms with Gasteiger partial charge in [0, 0.05) is 7.05 Å². The summed E-state index contributed by atoms with van der Waals surface area (Å²) < 4.78 is 40.6. The summed E-state index contributed by atoms with van der Waals surface area (Å²) >= 11 is 0. The van der Waals surface area contributed by atoms with Crippen molar-refractivity contribution in [1.82, 2.24) is 15.0 Å². The van der Waals surface area contributed by atoms with E-state index in [0.29, 0.717) is 5.69 Å². The van der Waals surface area contributed by atoms with Crippen molar-refractivity contribution in [2.24, 2.45) is 0 Å². The van der Waals surface area contributed by atoms with Crippen LogP contribution in [0.3, 0.4) is 0 Å². The molecule has 0 unspecified atom stereocenters. The zero-order valence-corrected chi connectivity index (χ0v) is 11.2. The van der Waals surface area contributed by atoms with Crippen LogP contribution in [-0.4, -0.2) is 47.9 Å². The third kappa shape index (κ3) is 5.00. The van der Waals surface area contributed by atoms with E-state index in [1.165, 1.54) is 27.3 Å². The number of nitrogens with zero attached hydrogens (tertiary/aromatic N) is 3. The van der Waals surface area contributed by atoms with Gasteiger partial charge in [-0.25, -0.2) is 10.0 Å². The van der Waals surface area contributed by atoms with Crippen molar-refractivity contribution < 1.29 is 27.5 Å². The first-order valence-corrected chi connectivity index (χ1v) is 5.55. The summed E-state index contributed by atoms with van der Waals surface area (Å²) in [6.07, 6.45) is -3.32. The van der Waals surface area contributed by atoms with Gasteiger partial charge in [0.2, 0.25) is 5.88 Å². The fourth-order valence-electron chi connectivity index (χ4n) is 1.26. The average molecular weight is 293 g/mol. The first-order valence-electron chi connectivity index (χ1n) is 5.55. The van der Waals surface area contributed by atoms with Gasteiger partial charge in [-0.1, -0.05) is 0 Å². The van der Waals surface area contributed by atoms with Crippen molar-refractivity contribution in [2.45, 2.75) is 19.5 Å². The maximum absolute atomic E-state index is 12.0. The molecule has 112 valence electrons. The molecule has 0 aliphatic rings. The molecule has 0 atom stereocenters. The number of carbonyl (C=O) groups excluding carboxylic acids is 1. The lowest BCUT2D eigenvalue weighted by molar-refractivity contribution is -0.167. The molecule has 0 saturated heterocycles. The van der Waals surface area contributed by atoms with Crippen LogP contribution >= 0.6 is 0 Å². The summed E-state index contributed by atoms with van der Waals surface area (Å²) in [5, 5.41) is 1.02. The van der Waals surface area contributed by atoms with Gasteiger partial charge in [-0.05, 0) is 6.92 Å². The minimum absolute atomic E-state index is 0.0717. The topological polar surface area (TPSA) is 64.5 Å². The van der Waals surface area contributed by atoms with E-state index in [1.54, 1.807) is 0 Å². The van der Waals surface area contributed by atoms with E-state index in [-0.39, 0.29) is 23.9 Å². The lowest BCUT2D eigenvalue weighted by Gasteiger charge is -2.14. The molecule has 20 heavy (non-hydrogen) atoms. The molecule has 1 amide bonds. The van der Waals surface area contributed by atoms with Crippen molar-refractivity contribution in [3.63, 3.8) is 0 Å². The molecule has 0 N–H and O–H groups in total. The molecule has 1 aromatic rings. The van der Waals surface area contributed by atoms with Gasteiger partial charge in [0.15, 0.2) is 6.61 Å². The van der Waals surface area contributed by atoms with Crippen LogP contribution in [0.5, 0.6) is 5.88 Å². The number of ether oxygens (including phenoxy) is 1. The number of amides is 1. The van der Waals surface area contributed by atoms with E-state index in [2.05, 4.69) is 14.7 Å². The maximum Gasteiger partial charge on any atom is 0.422 e. The second-order valence-corrected chi connectivity index (χ2v) is 3.91. The van der Waals surface area contributed by atoms with E-state index < -0.39 is 12.8 Å². The summed E-state index contributed by atoms with van der Waals surface area (Å²) in [6, 6.07) is 0. The van der Waals surface area contributed by atoms with Crippen LogP contribution < -0.4 is 4.74 Å². The van der Waals surface area contributed by atoms with Crippen LogP contribution in [0.15, 0.2) is 6.20 Å². The van der Waals surface area contributed by atoms with Gasteiger partial charge in [0.25, 0.3) is 5.91 Å². The van der Waals surface area contributed by atoms with Crippen LogP contribution in [0.4, 0.5) is 13.2 Å². The molecule has 9 heteroatoms. The summed E-state index contributed by atoms with van der Waals surface area (Å²) in [5.74, 6) is -0.566. The molecule has 0 aliphatic heterocycles. The van der Waals surface area contributed by atoms with Crippen molar-refractivity contribution in [3.05, 3.63) is 17.6 Å². The minimum atomic E-state index is -4.44. The Balaban J connectivity index is 2.71. The maximum atomic E-state index is 12.0. The van der Waals surface area contributed by atoms with Gasteiger partial charge in [0.1, 0.15) is 0 Å². The highest BCUT2D eigenvalue weighted by Gasteiger charge is 2.29. The molecular weight excluding hydrogens is 279 g/mol. The zero-order valence-electron chi connectivity index (χ0n) is 11.2. The fourth-order valence-corrected chi connectivity index (χ4v) is 1.26. The lowest BCUT2D eigenvalue weighted by atomic mass is 10.3. The third-order valence-electron chi connectivity index (χ3n) is 2.28. The van der Waals surface area contributed by atoms with Crippen molar-refractivity contribution in [2.75, 3.05) is 20.8 Å². The molecule has 1 heterocycles. The van der Waals surface area contributed by atoms with Gasteiger partial charge < -0.3 is 4.74 Å². The largest absolute Gasteiger partial charge is 0.467 e. The van der Waals surface area contributed by atoms with Crippen LogP contribution in [-0.2, 0) is 16.1 Å². The van der Waals surface area contributed by atoms with Gasteiger partial charge in [-0.15, -0.1) is 0 Å². The Morgan fingerprint density at radius 2 is 2.10 bits per heavy atom. The highest BCUT2D eigenvalue weighted by Crippen LogP contribution is 2.18. The number of hydrogen-bond acceptors (Lipinski definition) is 5. The number of hydrogen-bond donors (Lipinski definition) is 0. The van der Waals surface area contributed by atoms with Crippen LogP contribution in [0.2, 0.25) is 0 Å². The smallest absolute Gasteiger partial charge is 0.422 e. The normalized spacial score (nSPS) is 11.3.